The summed E-state index contributed by atoms with van der Waals surface area (Å²) in [6, 6.07) is 14.4. The van der Waals surface area contributed by atoms with Gasteiger partial charge in [-0.2, -0.15) is 0 Å². The highest BCUT2D eigenvalue weighted by atomic mass is 127. The van der Waals surface area contributed by atoms with Crippen molar-refractivity contribution in [1.29, 1.82) is 0 Å². The maximum atomic E-state index is 5.69. The molecule has 32 heavy (non-hydrogen) atoms. The van der Waals surface area contributed by atoms with E-state index in [2.05, 4.69) is 33.4 Å². The van der Waals surface area contributed by atoms with Crippen molar-refractivity contribution in [3.8, 4) is 17.2 Å². The van der Waals surface area contributed by atoms with Gasteiger partial charge in [-0.1, -0.05) is 24.3 Å². The van der Waals surface area contributed by atoms with Gasteiger partial charge in [-0.25, -0.2) is 0 Å². The van der Waals surface area contributed by atoms with Crippen LogP contribution in [0.1, 0.15) is 24.0 Å². The van der Waals surface area contributed by atoms with Gasteiger partial charge in [0.2, 0.25) is 6.79 Å². The molecule has 174 valence electrons. The third-order valence-corrected chi connectivity index (χ3v) is 6.19. The van der Waals surface area contributed by atoms with Crippen LogP contribution in [0.2, 0.25) is 0 Å². The van der Waals surface area contributed by atoms with Crippen molar-refractivity contribution >= 4 is 29.9 Å². The van der Waals surface area contributed by atoms with Crippen LogP contribution >= 0.6 is 24.0 Å². The minimum Gasteiger partial charge on any atom is -0.496 e. The quantitative estimate of drug-likeness (QED) is 0.334. The molecule has 0 aromatic heterocycles. The summed E-state index contributed by atoms with van der Waals surface area (Å²) in [5.74, 6) is 3.36. The zero-order valence-electron chi connectivity index (χ0n) is 18.9. The molecule has 2 aromatic rings. The molecule has 7 nitrogen and oxygen atoms in total. The summed E-state index contributed by atoms with van der Waals surface area (Å²) in [7, 11) is 5.56. The Kier molecular flexibility index (Phi) is 8.47. The number of halogens is 1. The Morgan fingerprint density at radius 3 is 2.62 bits per heavy atom. The van der Waals surface area contributed by atoms with E-state index in [1.165, 1.54) is 5.56 Å². The Balaban J connectivity index is 0.00000289. The zero-order valence-corrected chi connectivity index (χ0v) is 21.3. The van der Waals surface area contributed by atoms with Gasteiger partial charge in [0.05, 0.1) is 7.11 Å². The van der Waals surface area contributed by atoms with Gasteiger partial charge in [0, 0.05) is 51.4 Å². The molecule has 0 aliphatic carbocycles. The summed E-state index contributed by atoms with van der Waals surface area (Å²) in [4.78, 5) is 6.64. The Morgan fingerprint density at radius 1 is 1.12 bits per heavy atom. The highest BCUT2D eigenvalue weighted by Crippen LogP contribution is 2.40. The summed E-state index contributed by atoms with van der Waals surface area (Å²) in [5, 5.41) is 3.61. The molecule has 1 N–H and O–H groups in total. The third-order valence-electron chi connectivity index (χ3n) is 6.19. The largest absolute Gasteiger partial charge is 0.496 e. The van der Waals surface area contributed by atoms with Crippen molar-refractivity contribution < 1.29 is 18.9 Å². The fourth-order valence-electron chi connectivity index (χ4n) is 4.35. The van der Waals surface area contributed by atoms with Crippen molar-refractivity contribution in [3.63, 3.8) is 0 Å². The maximum Gasteiger partial charge on any atom is 0.231 e. The average molecular weight is 553 g/mol. The van der Waals surface area contributed by atoms with E-state index in [1.807, 2.05) is 38.4 Å². The summed E-state index contributed by atoms with van der Waals surface area (Å²) < 4.78 is 22.3. The highest BCUT2D eigenvalue weighted by molar-refractivity contribution is 14.0. The summed E-state index contributed by atoms with van der Waals surface area (Å²) in [5.41, 5.74) is 2.31. The predicted octanol–water partition coefficient (Wildman–Crippen LogP) is 3.80. The van der Waals surface area contributed by atoms with Crippen LogP contribution in [0.15, 0.2) is 47.5 Å². The molecule has 2 heterocycles. The first-order valence-corrected chi connectivity index (χ1v) is 10.7. The Hall–Kier alpha value is -2.20. The molecule has 2 aliphatic heterocycles. The smallest absolute Gasteiger partial charge is 0.231 e. The molecule has 0 spiro atoms. The van der Waals surface area contributed by atoms with Crippen LogP contribution < -0.4 is 19.5 Å². The number of nitrogens with one attached hydrogen (secondary N) is 1. The molecule has 1 saturated heterocycles. The van der Waals surface area contributed by atoms with Gasteiger partial charge in [0.25, 0.3) is 0 Å². The third kappa shape index (κ3) is 5.23. The molecule has 0 radical (unpaired) electrons. The summed E-state index contributed by atoms with van der Waals surface area (Å²) in [6.07, 6.45) is 1.87. The normalized spacial score (nSPS) is 16.8. The molecule has 2 aliphatic rings. The average Bonchev–Trinajstić information content (AvgIpc) is 3.28. The van der Waals surface area contributed by atoms with E-state index in [4.69, 9.17) is 18.9 Å². The second kappa shape index (κ2) is 11.1. The number of guanidine groups is 1. The van der Waals surface area contributed by atoms with Gasteiger partial charge in [-0.15, -0.1) is 24.0 Å². The first-order valence-electron chi connectivity index (χ1n) is 10.7. The molecule has 0 saturated carbocycles. The lowest BCUT2D eigenvalue weighted by molar-refractivity contribution is 0.0511. The molecule has 0 atom stereocenters. The van der Waals surface area contributed by atoms with Crippen LogP contribution in [0.5, 0.6) is 17.2 Å². The number of benzene rings is 2. The number of ether oxygens (including phenoxy) is 4. The van der Waals surface area contributed by atoms with Crippen molar-refractivity contribution in [2.75, 3.05) is 47.8 Å². The molecule has 2 aromatic carbocycles. The fourth-order valence-corrected chi connectivity index (χ4v) is 4.35. The van der Waals surface area contributed by atoms with Crippen molar-refractivity contribution in [3.05, 3.63) is 53.6 Å². The van der Waals surface area contributed by atoms with E-state index in [0.29, 0.717) is 6.54 Å². The summed E-state index contributed by atoms with van der Waals surface area (Å²) >= 11 is 0. The monoisotopic (exact) mass is 553 g/mol. The van der Waals surface area contributed by atoms with Gasteiger partial charge in [-0.3, -0.25) is 4.99 Å². The lowest BCUT2D eigenvalue weighted by Crippen LogP contribution is -2.48. The number of aliphatic imine (C=N–C) groups is 1. The maximum absolute atomic E-state index is 5.69. The van der Waals surface area contributed by atoms with E-state index >= 15 is 0 Å². The van der Waals surface area contributed by atoms with E-state index in [0.717, 1.165) is 61.4 Å². The van der Waals surface area contributed by atoms with Gasteiger partial charge in [-0.05, 0) is 36.6 Å². The first-order chi connectivity index (χ1) is 15.1. The van der Waals surface area contributed by atoms with Crippen LogP contribution in [0, 0.1) is 0 Å². The number of hydrogen-bond acceptors (Lipinski definition) is 5. The number of fused-ring (bicyclic) bond motifs is 1. The molecule has 1 fully saturated rings. The lowest BCUT2D eigenvalue weighted by atomic mass is 9.74. The van der Waals surface area contributed by atoms with Crippen molar-refractivity contribution in [2.24, 2.45) is 4.99 Å². The SMILES string of the molecule is CN=C(NCC1(c2ccc3c(c2)OCO3)CCOCC1)N(C)Cc1ccccc1OC.I. The number of hydrogen-bond donors (Lipinski definition) is 1. The van der Waals surface area contributed by atoms with E-state index in [-0.39, 0.29) is 36.2 Å². The number of para-hydroxylation sites is 1. The van der Waals surface area contributed by atoms with E-state index < -0.39 is 0 Å². The minimum absolute atomic E-state index is 0. The van der Waals surface area contributed by atoms with Gasteiger partial charge >= 0.3 is 0 Å². The molecule has 0 amide bonds. The highest BCUT2D eigenvalue weighted by Gasteiger charge is 2.36. The standard InChI is InChI=1S/C24H31N3O4.HI/c1-25-23(27(2)15-18-6-4-5-7-20(18)28-3)26-16-24(10-12-29-13-11-24)19-8-9-21-22(14-19)31-17-30-21;/h4-9,14H,10-13,15-17H2,1-3H3,(H,25,26);1H. The molecule has 8 heteroatoms. The number of rotatable bonds is 6. The lowest BCUT2D eigenvalue weighted by Gasteiger charge is -2.39. The second-order valence-electron chi connectivity index (χ2n) is 8.03. The van der Waals surface area contributed by atoms with Crippen molar-refractivity contribution in [2.45, 2.75) is 24.8 Å². The van der Waals surface area contributed by atoms with Crippen LogP contribution in [0.4, 0.5) is 0 Å². The van der Waals surface area contributed by atoms with E-state index in [1.54, 1.807) is 7.11 Å². The zero-order chi connectivity index (χ0) is 21.7. The second-order valence-corrected chi connectivity index (χ2v) is 8.03. The molecular weight excluding hydrogens is 521 g/mol. The topological polar surface area (TPSA) is 64.6 Å². The Labute approximate surface area is 207 Å². The molecule has 4 rings (SSSR count). The Morgan fingerprint density at radius 2 is 1.88 bits per heavy atom. The first kappa shape index (κ1) is 24.4. The van der Waals surface area contributed by atoms with Gasteiger partial charge in [0.1, 0.15) is 5.75 Å². The van der Waals surface area contributed by atoms with Crippen molar-refractivity contribution in [1.82, 2.24) is 10.2 Å². The van der Waals surface area contributed by atoms with Crippen LogP contribution in [0.3, 0.4) is 0 Å². The van der Waals surface area contributed by atoms with Gasteiger partial charge < -0.3 is 29.2 Å². The fraction of sp³-hybridized carbons (Fsp3) is 0.458. The predicted molar refractivity (Wildman–Crippen MR) is 136 cm³/mol. The van der Waals surface area contributed by atoms with Gasteiger partial charge in [0.15, 0.2) is 17.5 Å². The molecule has 0 bridgehead atoms. The summed E-state index contributed by atoms with van der Waals surface area (Å²) in [6.45, 7) is 3.23. The molecule has 0 unspecified atom stereocenters. The van der Waals surface area contributed by atoms with Crippen LogP contribution in [-0.2, 0) is 16.7 Å². The number of nitrogens with zero attached hydrogens (tertiary/aromatic N) is 2. The van der Waals surface area contributed by atoms with Crippen LogP contribution in [-0.4, -0.2) is 58.6 Å². The van der Waals surface area contributed by atoms with E-state index in [9.17, 15) is 0 Å². The molecular formula is C24H32IN3O4. The minimum atomic E-state index is -0.0551. The van der Waals surface area contributed by atoms with Crippen LogP contribution in [0.25, 0.3) is 0 Å². The number of methoxy groups -OCH3 is 1. The Bertz CT molecular complexity index is 931.